The van der Waals surface area contributed by atoms with Crippen molar-refractivity contribution in [1.82, 2.24) is 0 Å². The molecule has 2 heteroatoms. The van der Waals surface area contributed by atoms with Gasteiger partial charge in [0.05, 0.1) is 0 Å². The van der Waals surface area contributed by atoms with Crippen molar-refractivity contribution in [3.05, 3.63) is 182 Å². The van der Waals surface area contributed by atoms with Gasteiger partial charge < -0.3 is 4.42 Å². The van der Waals surface area contributed by atoms with Crippen molar-refractivity contribution in [2.24, 2.45) is 0 Å². The smallest absolute Gasteiger partial charge is 0.136 e. The molecule has 9 aromatic carbocycles. The van der Waals surface area contributed by atoms with Crippen molar-refractivity contribution in [3.63, 3.8) is 0 Å². The first-order chi connectivity index (χ1) is 25.8. The van der Waals surface area contributed by atoms with Gasteiger partial charge in [0, 0.05) is 31.3 Å². The average Bonchev–Trinajstić information content (AvgIpc) is 3.76. The maximum Gasteiger partial charge on any atom is 0.136 e. The Morgan fingerprint density at radius 3 is 1.62 bits per heavy atom. The van der Waals surface area contributed by atoms with Crippen LogP contribution in [-0.2, 0) is 0 Å². The van der Waals surface area contributed by atoms with Crippen LogP contribution in [0.4, 0.5) is 0 Å². The maximum atomic E-state index is 6.65. The highest BCUT2D eigenvalue weighted by Crippen LogP contribution is 2.49. The number of thiophene rings is 1. The second kappa shape index (κ2) is 11.5. The predicted molar refractivity (Wildman–Crippen MR) is 223 cm³/mol. The summed E-state index contributed by atoms with van der Waals surface area (Å²) in [7, 11) is 0. The molecule has 0 aliphatic carbocycles. The van der Waals surface area contributed by atoms with Crippen LogP contribution in [0.2, 0.25) is 0 Å². The van der Waals surface area contributed by atoms with Crippen molar-refractivity contribution in [3.8, 4) is 43.8 Å². The van der Waals surface area contributed by atoms with E-state index in [0.29, 0.717) is 0 Å². The Balaban J connectivity index is 1.17. The van der Waals surface area contributed by atoms with Crippen LogP contribution in [-0.4, -0.2) is 0 Å². The van der Waals surface area contributed by atoms with Gasteiger partial charge in [-0.25, -0.2) is 0 Å². The Labute approximate surface area is 304 Å². The molecule has 0 bridgehead atoms. The lowest BCUT2D eigenvalue weighted by molar-refractivity contribution is 0.669. The van der Waals surface area contributed by atoms with Gasteiger partial charge in [-0.15, -0.1) is 11.3 Å². The third-order valence-electron chi connectivity index (χ3n) is 10.7. The van der Waals surface area contributed by atoms with E-state index in [2.05, 4.69) is 182 Å². The van der Waals surface area contributed by atoms with E-state index >= 15 is 0 Å². The zero-order valence-electron chi connectivity index (χ0n) is 28.1. The van der Waals surface area contributed by atoms with Crippen molar-refractivity contribution < 1.29 is 4.42 Å². The van der Waals surface area contributed by atoms with Crippen molar-refractivity contribution in [1.29, 1.82) is 0 Å². The first-order valence-electron chi connectivity index (χ1n) is 17.8. The van der Waals surface area contributed by atoms with E-state index in [4.69, 9.17) is 4.42 Å². The van der Waals surface area contributed by atoms with E-state index in [9.17, 15) is 0 Å². The van der Waals surface area contributed by atoms with Gasteiger partial charge in [0.15, 0.2) is 0 Å². The van der Waals surface area contributed by atoms with Crippen LogP contribution in [0, 0.1) is 0 Å². The zero-order chi connectivity index (χ0) is 34.2. The number of benzene rings is 9. The van der Waals surface area contributed by atoms with E-state index in [1.807, 2.05) is 11.3 Å². The molecule has 0 saturated heterocycles. The van der Waals surface area contributed by atoms with Crippen LogP contribution in [0.25, 0.3) is 108 Å². The van der Waals surface area contributed by atoms with Crippen LogP contribution >= 0.6 is 11.3 Å². The molecule has 1 nitrogen and oxygen atoms in total. The normalized spacial score (nSPS) is 11.8. The fourth-order valence-corrected chi connectivity index (χ4v) is 9.63. The minimum atomic E-state index is 0.905. The fraction of sp³-hybridized carbons (Fsp3) is 0. The second-order valence-electron chi connectivity index (χ2n) is 13.6. The second-order valence-corrected chi connectivity index (χ2v) is 14.6. The number of furan rings is 1. The van der Waals surface area contributed by atoms with Gasteiger partial charge in [0.25, 0.3) is 0 Å². The molecule has 2 heterocycles. The molecule has 0 atom stereocenters. The van der Waals surface area contributed by atoms with Crippen LogP contribution < -0.4 is 0 Å². The largest absolute Gasteiger partial charge is 0.456 e. The highest BCUT2D eigenvalue weighted by Gasteiger charge is 2.21. The third kappa shape index (κ3) is 4.41. The standard InChI is InChI=1S/C50H30OS/c1-3-15-32(16-4-1)48-43-29-45-42(30-46(43)52-50(48)33-17-5-2-6-18-33)41-28-34(26-27-44(41)51-45)47-37-21-9-11-23-39(37)49(40-24-12-10-22-38(40)47)36-25-13-19-31-14-7-8-20-35(31)36/h1-30H. The Morgan fingerprint density at radius 1 is 0.327 bits per heavy atom. The molecular weight excluding hydrogens is 649 g/mol. The summed E-state index contributed by atoms with van der Waals surface area (Å²) in [6.07, 6.45) is 0. The molecule has 0 aliphatic heterocycles. The quantitative estimate of drug-likeness (QED) is 0.169. The van der Waals surface area contributed by atoms with Crippen LogP contribution in [0.5, 0.6) is 0 Å². The molecule has 11 aromatic rings. The zero-order valence-corrected chi connectivity index (χ0v) is 29.0. The Bertz CT molecular complexity index is 3100. The fourth-order valence-electron chi connectivity index (χ4n) is 8.38. The maximum absolute atomic E-state index is 6.65. The van der Waals surface area contributed by atoms with Crippen molar-refractivity contribution in [2.45, 2.75) is 0 Å². The first-order valence-corrected chi connectivity index (χ1v) is 18.6. The molecule has 0 N–H and O–H groups in total. The SMILES string of the molecule is c1ccc(-c2sc3cc4c(cc3c2-c2ccccc2)oc2ccc(-c3c5ccccc5c(-c5cccc6ccccc56)c5ccccc35)cc24)cc1. The topological polar surface area (TPSA) is 13.1 Å². The van der Waals surface area contributed by atoms with E-state index < -0.39 is 0 Å². The summed E-state index contributed by atoms with van der Waals surface area (Å²) in [5.41, 5.74) is 10.5. The van der Waals surface area contributed by atoms with Gasteiger partial charge in [-0.05, 0) is 90.0 Å². The Morgan fingerprint density at radius 2 is 0.904 bits per heavy atom. The molecule has 0 amide bonds. The molecule has 242 valence electrons. The summed E-state index contributed by atoms with van der Waals surface area (Å²) in [5.74, 6) is 0. The molecule has 0 unspecified atom stereocenters. The molecule has 0 fully saturated rings. The summed E-state index contributed by atoms with van der Waals surface area (Å²) < 4.78 is 7.91. The van der Waals surface area contributed by atoms with Gasteiger partial charge >= 0.3 is 0 Å². The highest BCUT2D eigenvalue weighted by molar-refractivity contribution is 7.23. The highest BCUT2D eigenvalue weighted by atomic mass is 32.1. The molecule has 0 saturated carbocycles. The summed E-state index contributed by atoms with van der Waals surface area (Å²) in [4.78, 5) is 1.28. The van der Waals surface area contributed by atoms with Gasteiger partial charge in [0.1, 0.15) is 11.2 Å². The van der Waals surface area contributed by atoms with E-state index in [1.165, 1.54) is 86.2 Å². The lowest BCUT2D eigenvalue weighted by atomic mass is 9.84. The summed E-state index contributed by atoms with van der Waals surface area (Å²) in [5, 5.41) is 11.0. The molecule has 2 aromatic heterocycles. The number of hydrogen-bond acceptors (Lipinski definition) is 2. The van der Waals surface area contributed by atoms with Gasteiger partial charge in [-0.3, -0.25) is 0 Å². The Kier molecular flexibility index (Phi) is 6.49. The minimum absolute atomic E-state index is 0.905. The van der Waals surface area contributed by atoms with Crippen molar-refractivity contribution in [2.75, 3.05) is 0 Å². The monoisotopic (exact) mass is 678 g/mol. The molecule has 0 spiro atoms. The average molecular weight is 679 g/mol. The summed E-state index contributed by atoms with van der Waals surface area (Å²) >= 11 is 1.86. The molecule has 0 aliphatic rings. The first kappa shape index (κ1) is 29.3. The molecular formula is C50H30OS. The third-order valence-corrected chi connectivity index (χ3v) is 11.9. The van der Waals surface area contributed by atoms with Crippen LogP contribution in [0.3, 0.4) is 0 Å². The number of hydrogen-bond donors (Lipinski definition) is 0. The summed E-state index contributed by atoms with van der Waals surface area (Å²) in [6.45, 7) is 0. The van der Waals surface area contributed by atoms with Gasteiger partial charge in [-0.2, -0.15) is 0 Å². The van der Waals surface area contributed by atoms with Crippen LogP contribution in [0.1, 0.15) is 0 Å². The molecule has 52 heavy (non-hydrogen) atoms. The molecule has 11 rings (SSSR count). The predicted octanol–water partition coefficient (Wildman–Crippen LogP) is 14.9. The number of fused-ring (bicyclic) bond motifs is 7. The van der Waals surface area contributed by atoms with E-state index in [1.54, 1.807) is 0 Å². The Hall–Kier alpha value is -6.48. The molecule has 0 radical (unpaired) electrons. The number of rotatable bonds is 4. The minimum Gasteiger partial charge on any atom is -0.456 e. The van der Waals surface area contributed by atoms with Crippen molar-refractivity contribution >= 4 is 75.7 Å². The lowest BCUT2D eigenvalue weighted by Crippen LogP contribution is -1.91. The van der Waals surface area contributed by atoms with Crippen LogP contribution in [0.15, 0.2) is 186 Å². The summed E-state index contributed by atoms with van der Waals surface area (Å²) in [6, 6.07) is 66.1. The van der Waals surface area contributed by atoms with Gasteiger partial charge in [0.2, 0.25) is 0 Å². The van der Waals surface area contributed by atoms with Gasteiger partial charge in [-0.1, -0.05) is 158 Å². The van der Waals surface area contributed by atoms with E-state index in [-0.39, 0.29) is 0 Å². The lowest BCUT2D eigenvalue weighted by Gasteiger charge is -2.18. The van der Waals surface area contributed by atoms with E-state index in [0.717, 1.165) is 21.9 Å².